The minimum atomic E-state index is -1.01. The number of hydrogen-bond acceptors (Lipinski definition) is 8. The molecule has 2 unspecified atom stereocenters. The van der Waals surface area contributed by atoms with Crippen molar-refractivity contribution < 1.29 is 24.3 Å². The number of nitrogen functional groups attached to an aromatic ring is 1. The Balaban J connectivity index is 1.64. The highest BCUT2D eigenvalue weighted by Crippen LogP contribution is 2.41. The van der Waals surface area contributed by atoms with Crippen LogP contribution < -0.4 is 11.1 Å². The van der Waals surface area contributed by atoms with Gasteiger partial charge in [0.15, 0.2) is 5.13 Å². The highest BCUT2D eigenvalue weighted by molar-refractivity contribution is 8.00. The summed E-state index contributed by atoms with van der Waals surface area (Å²) in [5.41, 5.74) is 4.35. The number of carboxylic acid groups (broad SMARTS) is 1. The minimum Gasteiger partial charge on any atom is -0.481 e. The van der Waals surface area contributed by atoms with Crippen molar-refractivity contribution in [3.05, 3.63) is 11.1 Å². The second-order valence-corrected chi connectivity index (χ2v) is 7.88. The maximum Gasteiger partial charge on any atom is 0.312 e. The number of ketones is 1. The molecule has 2 amide bonds. The Kier molecular flexibility index (Phi) is 4.00. The Hall–Kier alpha value is -2.14. The molecular weight excluding hydrogens is 356 g/mol. The Morgan fingerprint density at radius 3 is 2.79 bits per heavy atom. The van der Waals surface area contributed by atoms with E-state index in [1.165, 1.54) is 22.0 Å². The number of nitrogens with zero attached hydrogens (tertiary/aromatic N) is 2. The first-order chi connectivity index (χ1) is 11.2. The van der Waals surface area contributed by atoms with Gasteiger partial charge in [-0.2, -0.15) is 0 Å². The molecule has 9 nitrogen and oxygen atoms in total. The van der Waals surface area contributed by atoms with Gasteiger partial charge >= 0.3 is 5.97 Å². The summed E-state index contributed by atoms with van der Waals surface area (Å²) in [7, 11) is 0. The standard InChI is InChI=1S/C13H14N4O5S2/c1-13(11(21)22)3-17-9(20)6(10(17)24-4-13)16-8(19)7(18)5-2-23-12(14)15-5/h2,6,10H,3-4H2,1H3,(H2,14,15)(H,16,19)(H,21,22)/t6?,10-,13?/m1/s1. The third-order valence-corrected chi connectivity index (χ3v) is 6.34. The summed E-state index contributed by atoms with van der Waals surface area (Å²) < 4.78 is 0. The summed E-state index contributed by atoms with van der Waals surface area (Å²) in [4.78, 5) is 52.6. The van der Waals surface area contributed by atoms with Crippen LogP contribution in [0.3, 0.4) is 0 Å². The first-order valence-corrected chi connectivity index (χ1v) is 8.87. The molecule has 3 rings (SSSR count). The Morgan fingerprint density at radius 1 is 1.50 bits per heavy atom. The monoisotopic (exact) mass is 370 g/mol. The van der Waals surface area contributed by atoms with E-state index in [9.17, 15) is 24.3 Å². The molecule has 3 atom stereocenters. The lowest BCUT2D eigenvalue weighted by atomic mass is 9.89. The average molecular weight is 370 g/mol. The second kappa shape index (κ2) is 5.74. The molecule has 11 heteroatoms. The maximum absolute atomic E-state index is 12.2. The summed E-state index contributed by atoms with van der Waals surface area (Å²) in [6.07, 6.45) is 0. The largest absolute Gasteiger partial charge is 0.481 e. The molecule has 1 aromatic heterocycles. The first-order valence-electron chi connectivity index (χ1n) is 6.94. The van der Waals surface area contributed by atoms with E-state index < -0.39 is 35.0 Å². The summed E-state index contributed by atoms with van der Waals surface area (Å²) in [6, 6.07) is -0.833. The number of hydrogen-bond donors (Lipinski definition) is 3. The molecule has 0 radical (unpaired) electrons. The number of nitrogens with two attached hydrogens (primary N) is 1. The van der Waals surface area contributed by atoms with Gasteiger partial charge in [0.05, 0.1) is 5.41 Å². The van der Waals surface area contributed by atoms with Crippen molar-refractivity contribution in [2.24, 2.45) is 5.41 Å². The molecule has 3 heterocycles. The quantitative estimate of drug-likeness (QED) is 0.362. The highest BCUT2D eigenvalue weighted by Gasteiger charge is 2.56. The Bertz CT molecular complexity index is 750. The number of nitrogens with one attached hydrogen (secondary N) is 1. The molecule has 0 aromatic carbocycles. The lowest BCUT2D eigenvalue weighted by Gasteiger charge is -2.53. The molecular formula is C13H14N4O5S2. The first kappa shape index (κ1) is 16.7. The molecule has 2 fully saturated rings. The van der Waals surface area contributed by atoms with E-state index in [0.717, 1.165) is 11.3 Å². The van der Waals surface area contributed by atoms with Crippen molar-refractivity contribution in [1.29, 1.82) is 0 Å². The number of carbonyl (C=O) groups is 4. The predicted molar refractivity (Wildman–Crippen MR) is 86.5 cm³/mol. The fourth-order valence-electron chi connectivity index (χ4n) is 2.55. The van der Waals surface area contributed by atoms with Crippen LogP contribution in [0.1, 0.15) is 17.4 Å². The number of rotatable bonds is 4. The van der Waals surface area contributed by atoms with Crippen LogP contribution in [0.25, 0.3) is 0 Å². The van der Waals surface area contributed by atoms with Crippen LogP contribution in [0.2, 0.25) is 0 Å². The van der Waals surface area contributed by atoms with Crippen molar-refractivity contribution >= 4 is 51.8 Å². The number of carboxylic acids is 1. The SMILES string of the molecule is CC1(C(=O)O)CS[C@@H]2C(NC(=O)C(=O)c3csc(N)n3)C(=O)N2C1. The number of anilines is 1. The van der Waals surface area contributed by atoms with E-state index in [2.05, 4.69) is 10.3 Å². The van der Waals surface area contributed by atoms with Gasteiger partial charge < -0.3 is 21.1 Å². The van der Waals surface area contributed by atoms with E-state index in [4.69, 9.17) is 5.73 Å². The summed E-state index contributed by atoms with van der Waals surface area (Å²) in [5.74, 6) is -2.82. The Morgan fingerprint density at radius 2 is 2.21 bits per heavy atom. The average Bonchev–Trinajstić information content (AvgIpc) is 2.98. The lowest BCUT2D eigenvalue weighted by molar-refractivity contribution is -0.157. The van der Waals surface area contributed by atoms with Gasteiger partial charge in [0.25, 0.3) is 11.7 Å². The van der Waals surface area contributed by atoms with Gasteiger partial charge in [-0.15, -0.1) is 23.1 Å². The van der Waals surface area contributed by atoms with Crippen molar-refractivity contribution in [3.63, 3.8) is 0 Å². The van der Waals surface area contributed by atoms with E-state index in [1.807, 2.05) is 0 Å². The van der Waals surface area contributed by atoms with Gasteiger partial charge in [-0.25, -0.2) is 4.98 Å². The molecule has 2 aliphatic rings. The van der Waals surface area contributed by atoms with Gasteiger partial charge in [0, 0.05) is 17.7 Å². The number of thioether (sulfide) groups is 1. The zero-order valence-electron chi connectivity index (χ0n) is 12.5. The second-order valence-electron chi connectivity index (χ2n) is 5.88. The maximum atomic E-state index is 12.2. The van der Waals surface area contributed by atoms with E-state index in [-0.39, 0.29) is 22.7 Å². The lowest BCUT2D eigenvalue weighted by Crippen LogP contribution is -2.73. The van der Waals surface area contributed by atoms with Crippen LogP contribution in [0, 0.1) is 5.41 Å². The van der Waals surface area contributed by atoms with Gasteiger partial charge in [-0.3, -0.25) is 19.2 Å². The van der Waals surface area contributed by atoms with Crippen molar-refractivity contribution in [3.8, 4) is 0 Å². The molecule has 128 valence electrons. The van der Waals surface area contributed by atoms with Crippen molar-refractivity contribution in [1.82, 2.24) is 15.2 Å². The molecule has 2 saturated heterocycles. The smallest absolute Gasteiger partial charge is 0.312 e. The normalized spacial score (nSPS) is 28.7. The minimum absolute atomic E-state index is 0.0617. The summed E-state index contributed by atoms with van der Waals surface area (Å²) in [6.45, 7) is 1.66. The van der Waals surface area contributed by atoms with Crippen molar-refractivity contribution in [2.45, 2.75) is 18.3 Å². The number of thiazole rings is 1. The number of Topliss-reactive ketones (excluding diaryl/α,β-unsaturated/α-hetero) is 1. The number of fused-ring (bicyclic) bond motifs is 1. The third-order valence-electron chi connectivity index (χ3n) is 4.00. The fourth-order valence-corrected chi connectivity index (χ4v) is 4.58. The number of amides is 2. The topological polar surface area (TPSA) is 143 Å². The molecule has 24 heavy (non-hydrogen) atoms. The number of carbonyl (C=O) groups excluding carboxylic acids is 3. The molecule has 0 spiro atoms. The van der Waals surface area contributed by atoms with Crippen LogP contribution in [0.4, 0.5) is 5.13 Å². The summed E-state index contributed by atoms with van der Waals surface area (Å²) in [5, 5.41) is 12.8. The molecule has 4 N–H and O–H groups in total. The molecule has 0 aliphatic carbocycles. The van der Waals surface area contributed by atoms with Crippen LogP contribution in [-0.2, 0) is 14.4 Å². The van der Waals surface area contributed by atoms with Crippen LogP contribution in [0.15, 0.2) is 5.38 Å². The van der Waals surface area contributed by atoms with Crippen LogP contribution in [0.5, 0.6) is 0 Å². The molecule has 2 aliphatic heterocycles. The zero-order valence-corrected chi connectivity index (χ0v) is 14.1. The number of β-lactam (4-membered cyclic amide) rings is 1. The third kappa shape index (κ3) is 2.63. The van der Waals surface area contributed by atoms with Crippen LogP contribution in [-0.4, -0.2) is 62.3 Å². The van der Waals surface area contributed by atoms with Crippen molar-refractivity contribution in [2.75, 3.05) is 18.0 Å². The summed E-state index contributed by atoms with van der Waals surface area (Å²) >= 11 is 2.32. The van der Waals surface area contributed by atoms with Gasteiger partial charge in [0.2, 0.25) is 5.91 Å². The zero-order chi connectivity index (χ0) is 17.6. The Labute approximate surface area is 144 Å². The number of aliphatic carboxylic acids is 1. The van der Waals surface area contributed by atoms with E-state index in [0.29, 0.717) is 5.75 Å². The van der Waals surface area contributed by atoms with E-state index >= 15 is 0 Å². The van der Waals surface area contributed by atoms with E-state index in [1.54, 1.807) is 6.92 Å². The van der Waals surface area contributed by atoms with Gasteiger partial charge in [-0.05, 0) is 6.92 Å². The van der Waals surface area contributed by atoms with Crippen LogP contribution >= 0.6 is 23.1 Å². The highest BCUT2D eigenvalue weighted by atomic mass is 32.2. The molecule has 0 bridgehead atoms. The van der Waals surface area contributed by atoms with Gasteiger partial charge in [0.1, 0.15) is 17.1 Å². The van der Waals surface area contributed by atoms with Gasteiger partial charge in [-0.1, -0.05) is 0 Å². The number of aromatic nitrogens is 1. The molecule has 1 aromatic rings. The fraction of sp³-hybridized carbons (Fsp3) is 0.462. The molecule has 0 saturated carbocycles. The predicted octanol–water partition coefficient (Wildman–Crippen LogP) is -0.601.